The van der Waals surface area contributed by atoms with Crippen molar-refractivity contribution in [3.05, 3.63) is 57.8 Å². The molecular weight excluding hydrogens is 280 g/mol. The zero-order chi connectivity index (χ0) is 14.7. The summed E-state index contributed by atoms with van der Waals surface area (Å²) in [5.74, 6) is 0.181. The zero-order valence-corrected chi connectivity index (χ0v) is 13.1. The van der Waals surface area contributed by atoms with E-state index in [-0.39, 0.29) is 5.91 Å². The molecule has 1 aliphatic rings. The second-order valence-corrected chi connectivity index (χ2v) is 6.48. The lowest BCUT2D eigenvalue weighted by atomic mass is 10.1. The van der Waals surface area contributed by atoms with Gasteiger partial charge in [-0.15, -0.1) is 11.3 Å². The molecule has 1 saturated heterocycles. The first-order chi connectivity index (χ1) is 10.2. The maximum atomic E-state index is 12.3. The first-order valence-corrected chi connectivity index (χ1v) is 8.21. The van der Waals surface area contributed by atoms with Crippen molar-refractivity contribution < 1.29 is 4.79 Å². The number of benzene rings is 1. The van der Waals surface area contributed by atoms with Gasteiger partial charge in [0.05, 0.1) is 4.88 Å². The fourth-order valence-electron chi connectivity index (χ4n) is 2.62. The van der Waals surface area contributed by atoms with Crippen LogP contribution in [-0.4, -0.2) is 41.9 Å². The summed E-state index contributed by atoms with van der Waals surface area (Å²) in [6.45, 7) is 6.63. The summed E-state index contributed by atoms with van der Waals surface area (Å²) in [6, 6.07) is 12.5. The van der Waals surface area contributed by atoms with Crippen molar-refractivity contribution in [3.8, 4) is 0 Å². The molecular formula is C17H20N2OS. The van der Waals surface area contributed by atoms with Crippen LogP contribution in [0, 0.1) is 6.92 Å². The van der Waals surface area contributed by atoms with Crippen LogP contribution in [0.1, 0.15) is 20.8 Å². The quantitative estimate of drug-likeness (QED) is 0.870. The molecule has 1 aromatic heterocycles. The molecule has 1 fully saturated rings. The Labute approximate surface area is 129 Å². The van der Waals surface area contributed by atoms with Gasteiger partial charge in [0.15, 0.2) is 0 Å². The van der Waals surface area contributed by atoms with Crippen LogP contribution in [0.25, 0.3) is 0 Å². The van der Waals surface area contributed by atoms with Gasteiger partial charge in [0.25, 0.3) is 5.91 Å². The highest BCUT2D eigenvalue weighted by Gasteiger charge is 2.22. The molecule has 3 nitrogen and oxygen atoms in total. The standard InChI is InChI=1S/C17H20N2OS/c1-14-4-6-15(7-5-14)13-18-8-10-19(11-9-18)17(20)16-3-2-12-21-16/h2-7,12H,8-11,13H2,1H3. The van der Waals surface area contributed by atoms with E-state index in [9.17, 15) is 4.79 Å². The molecule has 4 heteroatoms. The Morgan fingerprint density at radius 3 is 2.43 bits per heavy atom. The highest BCUT2D eigenvalue weighted by atomic mass is 32.1. The maximum absolute atomic E-state index is 12.3. The number of hydrogen-bond acceptors (Lipinski definition) is 3. The van der Waals surface area contributed by atoms with Gasteiger partial charge in [-0.2, -0.15) is 0 Å². The van der Waals surface area contributed by atoms with Gasteiger partial charge < -0.3 is 4.90 Å². The van der Waals surface area contributed by atoms with Crippen LogP contribution in [0.15, 0.2) is 41.8 Å². The van der Waals surface area contributed by atoms with Crippen molar-refractivity contribution in [2.24, 2.45) is 0 Å². The Balaban J connectivity index is 1.53. The van der Waals surface area contributed by atoms with Crippen LogP contribution >= 0.6 is 11.3 Å². The molecule has 2 aromatic rings. The Bertz CT molecular complexity index is 584. The smallest absolute Gasteiger partial charge is 0.264 e. The molecule has 1 aliphatic heterocycles. The maximum Gasteiger partial charge on any atom is 0.264 e. The molecule has 0 unspecified atom stereocenters. The molecule has 110 valence electrons. The van der Waals surface area contributed by atoms with Crippen molar-refractivity contribution in [2.45, 2.75) is 13.5 Å². The third-order valence-corrected chi connectivity index (χ3v) is 4.78. The van der Waals surface area contributed by atoms with Crippen molar-refractivity contribution in [1.82, 2.24) is 9.80 Å². The van der Waals surface area contributed by atoms with E-state index < -0.39 is 0 Å². The third kappa shape index (κ3) is 3.52. The van der Waals surface area contributed by atoms with E-state index in [1.807, 2.05) is 22.4 Å². The van der Waals surface area contributed by atoms with Crippen LogP contribution in [0.5, 0.6) is 0 Å². The predicted molar refractivity (Wildman–Crippen MR) is 86.7 cm³/mol. The molecule has 1 amide bonds. The van der Waals surface area contributed by atoms with E-state index in [1.54, 1.807) is 0 Å². The van der Waals surface area contributed by atoms with Crippen molar-refractivity contribution in [2.75, 3.05) is 26.2 Å². The van der Waals surface area contributed by atoms with E-state index >= 15 is 0 Å². The summed E-state index contributed by atoms with van der Waals surface area (Å²) < 4.78 is 0. The van der Waals surface area contributed by atoms with Gasteiger partial charge in [0.2, 0.25) is 0 Å². The second kappa shape index (κ2) is 6.41. The monoisotopic (exact) mass is 300 g/mol. The lowest BCUT2D eigenvalue weighted by Gasteiger charge is -2.34. The van der Waals surface area contributed by atoms with Crippen LogP contribution < -0.4 is 0 Å². The SMILES string of the molecule is Cc1ccc(CN2CCN(C(=O)c3cccs3)CC2)cc1. The van der Waals surface area contributed by atoms with E-state index in [0.29, 0.717) is 0 Å². The predicted octanol–water partition coefficient (Wildman–Crippen LogP) is 3.01. The molecule has 0 spiro atoms. The minimum Gasteiger partial charge on any atom is -0.335 e. The Morgan fingerprint density at radius 2 is 1.81 bits per heavy atom. The zero-order valence-electron chi connectivity index (χ0n) is 12.3. The minimum atomic E-state index is 0.181. The Morgan fingerprint density at radius 1 is 1.10 bits per heavy atom. The second-order valence-electron chi connectivity index (χ2n) is 5.53. The molecule has 1 aromatic carbocycles. The topological polar surface area (TPSA) is 23.6 Å². The fraction of sp³-hybridized carbons (Fsp3) is 0.353. The lowest BCUT2D eigenvalue weighted by molar-refractivity contribution is 0.0633. The highest BCUT2D eigenvalue weighted by molar-refractivity contribution is 7.12. The number of thiophene rings is 1. The van der Waals surface area contributed by atoms with Crippen molar-refractivity contribution >= 4 is 17.2 Å². The van der Waals surface area contributed by atoms with E-state index in [1.165, 1.54) is 22.5 Å². The van der Waals surface area contributed by atoms with Crippen molar-refractivity contribution in [1.29, 1.82) is 0 Å². The Kier molecular flexibility index (Phi) is 4.36. The van der Waals surface area contributed by atoms with Gasteiger partial charge in [-0.25, -0.2) is 0 Å². The van der Waals surface area contributed by atoms with Gasteiger partial charge in [-0.1, -0.05) is 35.9 Å². The number of carbonyl (C=O) groups is 1. The number of carbonyl (C=O) groups excluding carboxylic acids is 1. The average molecular weight is 300 g/mol. The first-order valence-electron chi connectivity index (χ1n) is 7.33. The number of rotatable bonds is 3. The van der Waals surface area contributed by atoms with E-state index in [0.717, 1.165) is 37.6 Å². The molecule has 0 bridgehead atoms. The van der Waals surface area contributed by atoms with Crippen LogP contribution in [0.3, 0.4) is 0 Å². The molecule has 2 heterocycles. The van der Waals surface area contributed by atoms with Crippen molar-refractivity contribution in [3.63, 3.8) is 0 Å². The summed E-state index contributed by atoms with van der Waals surface area (Å²) >= 11 is 1.52. The molecule has 0 saturated carbocycles. The highest BCUT2D eigenvalue weighted by Crippen LogP contribution is 2.15. The summed E-state index contributed by atoms with van der Waals surface area (Å²) in [6.07, 6.45) is 0. The number of hydrogen-bond donors (Lipinski definition) is 0. The van der Waals surface area contributed by atoms with Gasteiger partial charge in [0, 0.05) is 32.7 Å². The molecule has 0 atom stereocenters. The number of aryl methyl sites for hydroxylation is 1. The van der Waals surface area contributed by atoms with E-state index in [4.69, 9.17) is 0 Å². The van der Waals surface area contributed by atoms with Crippen LogP contribution in [0.2, 0.25) is 0 Å². The largest absolute Gasteiger partial charge is 0.335 e. The Hall–Kier alpha value is -1.65. The number of nitrogens with zero attached hydrogens (tertiary/aromatic N) is 2. The summed E-state index contributed by atoms with van der Waals surface area (Å²) in [5.41, 5.74) is 2.64. The molecule has 0 N–H and O–H groups in total. The number of amides is 1. The van der Waals surface area contributed by atoms with Gasteiger partial charge in [0.1, 0.15) is 0 Å². The number of piperazine rings is 1. The van der Waals surface area contributed by atoms with Gasteiger partial charge in [-0.3, -0.25) is 9.69 Å². The fourth-order valence-corrected chi connectivity index (χ4v) is 3.31. The van der Waals surface area contributed by atoms with Gasteiger partial charge in [-0.05, 0) is 23.9 Å². The summed E-state index contributed by atoms with van der Waals surface area (Å²) in [7, 11) is 0. The summed E-state index contributed by atoms with van der Waals surface area (Å²) in [5, 5.41) is 1.96. The van der Waals surface area contributed by atoms with Crippen LogP contribution in [-0.2, 0) is 6.54 Å². The van der Waals surface area contributed by atoms with E-state index in [2.05, 4.69) is 36.1 Å². The third-order valence-electron chi connectivity index (χ3n) is 3.92. The molecule has 21 heavy (non-hydrogen) atoms. The summed E-state index contributed by atoms with van der Waals surface area (Å²) in [4.78, 5) is 17.5. The normalized spacial score (nSPS) is 16.1. The lowest BCUT2D eigenvalue weighted by Crippen LogP contribution is -2.48. The molecule has 0 radical (unpaired) electrons. The van der Waals surface area contributed by atoms with Gasteiger partial charge >= 0.3 is 0 Å². The molecule has 3 rings (SSSR count). The average Bonchev–Trinajstić information content (AvgIpc) is 3.04. The molecule has 0 aliphatic carbocycles. The first kappa shape index (κ1) is 14.3. The van der Waals surface area contributed by atoms with Crippen LogP contribution in [0.4, 0.5) is 0 Å². The minimum absolute atomic E-state index is 0.181.